The van der Waals surface area contributed by atoms with Crippen molar-refractivity contribution in [2.24, 2.45) is 0 Å². The first-order chi connectivity index (χ1) is 20.4. The Balaban J connectivity index is 2.11. The van der Waals surface area contributed by atoms with Crippen LogP contribution in [0.5, 0.6) is 0 Å². The second-order valence-electron chi connectivity index (χ2n) is 10.7. The molecule has 4 rings (SSSR count). The Bertz CT molecular complexity index is 1680. The molecule has 0 aliphatic rings. The molecule has 0 aromatic heterocycles. The molecule has 4 aromatic carbocycles. The molecule has 0 amide bonds. The fraction of sp³-hybridized carbons (Fsp3) is 0.122. The minimum Gasteiger partial charge on any atom is -0.0988 e. The first kappa shape index (κ1) is 30.3. The van der Waals surface area contributed by atoms with Crippen molar-refractivity contribution in [3.8, 4) is 11.1 Å². The third kappa shape index (κ3) is 6.47. The molecule has 0 heterocycles. The molecular formula is C41H41B. The van der Waals surface area contributed by atoms with E-state index in [1.165, 1.54) is 49.8 Å². The minimum absolute atomic E-state index is 0.0463. The van der Waals surface area contributed by atoms with Gasteiger partial charge in [-0.05, 0) is 84.2 Å². The normalized spacial score (nSPS) is 11.9. The molecule has 0 saturated carbocycles. The molecule has 0 atom stereocenters. The molecule has 0 bridgehead atoms. The van der Waals surface area contributed by atoms with Gasteiger partial charge in [-0.2, -0.15) is 0 Å². The van der Waals surface area contributed by atoms with E-state index in [0.717, 1.165) is 23.1 Å². The van der Waals surface area contributed by atoms with Gasteiger partial charge in [-0.15, -0.1) is 0 Å². The van der Waals surface area contributed by atoms with Crippen molar-refractivity contribution in [3.63, 3.8) is 0 Å². The largest absolute Gasteiger partial charge is 0.243 e. The molecule has 0 fully saturated rings. The number of allylic oxidation sites excluding steroid dienone is 9. The van der Waals surface area contributed by atoms with Gasteiger partial charge in [-0.1, -0.05) is 164 Å². The van der Waals surface area contributed by atoms with E-state index < -0.39 is 0 Å². The van der Waals surface area contributed by atoms with Gasteiger partial charge >= 0.3 is 0 Å². The zero-order chi connectivity index (χ0) is 30.1. The molecule has 0 N–H and O–H groups in total. The van der Waals surface area contributed by atoms with Crippen LogP contribution in [0.2, 0.25) is 0 Å². The zero-order valence-electron chi connectivity index (χ0n) is 25.5. The lowest BCUT2D eigenvalue weighted by atomic mass is 9.34. The van der Waals surface area contributed by atoms with Crippen molar-refractivity contribution in [2.75, 3.05) is 0 Å². The van der Waals surface area contributed by atoms with Crippen molar-refractivity contribution >= 4 is 34.2 Å². The number of benzene rings is 4. The zero-order valence-corrected chi connectivity index (χ0v) is 25.5. The highest BCUT2D eigenvalue weighted by Gasteiger charge is 2.31. The first-order valence-corrected chi connectivity index (χ1v) is 14.7. The smallest absolute Gasteiger partial charge is 0.0988 e. The van der Waals surface area contributed by atoms with Gasteiger partial charge in [-0.3, -0.25) is 0 Å². The summed E-state index contributed by atoms with van der Waals surface area (Å²) in [4.78, 5) is 0. The molecule has 4 aromatic rings. The number of hydrogen-bond donors (Lipinski definition) is 0. The van der Waals surface area contributed by atoms with E-state index >= 15 is 0 Å². The molecule has 0 spiro atoms. The molecule has 0 aliphatic heterocycles. The fourth-order valence-corrected chi connectivity index (χ4v) is 5.88. The summed E-state index contributed by atoms with van der Waals surface area (Å²) in [5.41, 5.74) is 14.5. The number of hydrogen-bond acceptors (Lipinski definition) is 0. The molecule has 42 heavy (non-hydrogen) atoms. The van der Waals surface area contributed by atoms with Crippen LogP contribution < -0.4 is 16.4 Å². The fourth-order valence-electron chi connectivity index (χ4n) is 5.88. The Hall–Kier alpha value is -4.62. The predicted molar refractivity (Wildman–Crippen MR) is 189 cm³/mol. The molecule has 0 unspecified atom stereocenters. The Labute approximate surface area is 253 Å². The van der Waals surface area contributed by atoms with Crippen molar-refractivity contribution in [3.05, 3.63) is 175 Å². The summed E-state index contributed by atoms with van der Waals surface area (Å²) in [7, 11) is 0. The summed E-state index contributed by atoms with van der Waals surface area (Å²) in [5.74, 6) is 0. The lowest BCUT2D eigenvalue weighted by molar-refractivity contribution is 1.40. The van der Waals surface area contributed by atoms with Crippen molar-refractivity contribution < 1.29 is 0 Å². The lowest BCUT2D eigenvalue weighted by Gasteiger charge is -2.27. The van der Waals surface area contributed by atoms with Crippen LogP contribution in [-0.2, 0) is 0 Å². The minimum atomic E-state index is -0.0463. The van der Waals surface area contributed by atoms with Crippen LogP contribution in [0.4, 0.5) is 0 Å². The maximum atomic E-state index is 4.57. The molecule has 0 aliphatic carbocycles. The van der Waals surface area contributed by atoms with Crippen molar-refractivity contribution in [2.45, 2.75) is 34.1 Å². The van der Waals surface area contributed by atoms with Gasteiger partial charge in [0.1, 0.15) is 0 Å². The van der Waals surface area contributed by atoms with Crippen molar-refractivity contribution in [1.82, 2.24) is 0 Å². The third-order valence-electron chi connectivity index (χ3n) is 7.96. The standard InChI is InChI=1S/C41H41B/c1-8-11-12-14-21-31(5)36-26-17-18-27-37(36)42(38-28-19-22-32(6)40(38)34-24-15-13-16-25-34)39-29-20-23-33(7)41(39)35(10-3)30(4)9-2/h8-20,22-29H,2-3,5,21H2,1,4,6-7H3/b11-8-,14-12?,35-30+. The van der Waals surface area contributed by atoms with E-state index in [9.17, 15) is 0 Å². The van der Waals surface area contributed by atoms with E-state index in [2.05, 4.69) is 150 Å². The maximum absolute atomic E-state index is 4.57. The Kier molecular flexibility index (Phi) is 10.4. The van der Waals surface area contributed by atoms with Gasteiger partial charge in [0.05, 0.1) is 0 Å². The third-order valence-corrected chi connectivity index (χ3v) is 7.96. The quantitative estimate of drug-likeness (QED) is 0.130. The highest BCUT2D eigenvalue weighted by atomic mass is 14.2. The van der Waals surface area contributed by atoms with E-state index in [1.807, 2.05) is 25.2 Å². The lowest BCUT2D eigenvalue weighted by Crippen LogP contribution is -2.55. The first-order valence-electron chi connectivity index (χ1n) is 14.7. The average Bonchev–Trinajstić information content (AvgIpc) is 3.01. The summed E-state index contributed by atoms with van der Waals surface area (Å²) >= 11 is 0. The number of aryl methyl sites for hydroxylation is 2. The Morgan fingerprint density at radius 2 is 1.36 bits per heavy atom. The highest BCUT2D eigenvalue weighted by Crippen LogP contribution is 2.27. The molecule has 0 radical (unpaired) electrons. The Morgan fingerprint density at radius 1 is 0.714 bits per heavy atom. The van der Waals surface area contributed by atoms with Crippen LogP contribution in [-0.4, -0.2) is 6.71 Å². The van der Waals surface area contributed by atoms with E-state index in [4.69, 9.17) is 0 Å². The van der Waals surface area contributed by atoms with Gasteiger partial charge in [0.25, 0.3) is 0 Å². The topological polar surface area (TPSA) is 0 Å². The average molecular weight is 545 g/mol. The molecular weight excluding hydrogens is 503 g/mol. The van der Waals surface area contributed by atoms with E-state index in [0.29, 0.717) is 0 Å². The molecule has 0 nitrogen and oxygen atoms in total. The van der Waals surface area contributed by atoms with Gasteiger partial charge in [0, 0.05) is 0 Å². The van der Waals surface area contributed by atoms with Gasteiger partial charge in [0.2, 0.25) is 6.71 Å². The number of rotatable bonds is 11. The van der Waals surface area contributed by atoms with Crippen LogP contribution >= 0.6 is 0 Å². The summed E-state index contributed by atoms with van der Waals surface area (Å²) in [6.07, 6.45) is 13.1. The second kappa shape index (κ2) is 14.3. The molecule has 1 heteroatoms. The maximum Gasteiger partial charge on any atom is 0.243 e. The summed E-state index contributed by atoms with van der Waals surface area (Å²) in [5, 5.41) is 0. The van der Waals surface area contributed by atoms with E-state index in [1.54, 1.807) is 0 Å². The SMILES string of the molecule is C=C/C(C)=C(\C=C)c1c(C)cccc1B(c1ccccc1C(=C)CC=C/C=C\C)c1cccc(C)c1-c1ccccc1. The van der Waals surface area contributed by atoms with Crippen LogP contribution in [0.3, 0.4) is 0 Å². The van der Waals surface area contributed by atoms with Gasteiger partial charge in [-0.25, -0.2) is 0 Å². The van der Waals surface area contributed by atoms with Gasteiger partial charge in [0.15, 0.2) is 0 Å². The van der Waals surface area contributed by atoms with Crippen LogP contribution in [0.1, 0.15) is 42.5 Å². The van der Waals surface area contributed by atoms with Crippen molar-refractivity contribution in [1.29, 1.82) is 0 Å². The summed E-state index contributed by atoms with van der Waals surface area (Å²) in [6, 6.07) is 32.9. The van der Waals surface area contributed by atoms with Crippen LogP contribution in [0, 0.1) is 13.8 Å². The second-order valence-corrected chi connectivity index (χ2v) is 10.7. The van der Waals surface area contributed by atoms with Crippen LogP contribution in [0.25, 0.3) is 22.3 Å². The van der Waals surface area contributed by atoms with E-state index in [-0.39, 0.29) is 6.71 Å². The van der Waals surface area contributed by atoms with Gasteiger partial charge < -0.3 is 0 Å². The monoisotopic (exact) mass is 544 g/mol. The Morgan fingerprint density at radius 3 is 2.05 bits per heavy atom. The summed E-state index contributed by atoms with van der Waals surface area (Å²) in [6.45, 7) is 21.4. The predicted octanol–water partition coefficient (Wildman–Crippen LogP) is 9.17. The molecule has 0 saturated heterocycles. The summed E-state index contributed by atoms with van der Waals surface area (Å²) < 4.78 is 0. The van der Waals surface area contributed by atoms with Crippen LogP contribution in [0.15, 0.2) is 153 Å². The highest BCUT2D eigenvalue weighted by molar-refractivity contribution is 6.97. The molecule has 208 valence electrons.